The smallest absolute Gasteiger partial charge is 0.352 e. The maximum absolute atomic E-state index is 13.7. The van der Waals surface area contributed by atoms with Crippen molar-refractivity contribution in [3.8, 4) is 5.75 Å². The first-order chi connectivity index (χ1) is 10.9. The standard InChI is InChI=1S/C15H14ClFN2O4/c1-18-14(20)13-12(7-11(19-13)15(21)22)23-5-4-8-2-3-9(16)6-10(8)17/h2-3,6-7,19H,4-5H2,1H3,(H,18,20)(H,21,22). The average molecular weight is 341 g/mol. The number of rotatable bonds is 6. The summed E-state index contributed by atoms with van der Waals surface area (Å²) in [6.07, 6.45) is 0.240. The van der Waals surface area contributed by atoms with Crippen molar-refractivity contribution in [1.29, 1.82) is 0 Å². The summed E-state index contributed by atoms with van der Waals surface area (Å²) in [6.45, 7) is 0.0689. The van der Waals surface area contributed by atoms with E-state index in [1.807, 2.05) is 0 Å². The number of ether oxygens (including phenoxy) is 1. The second-order valence-corrected chi connectivity index (χ2v) is 5.08. The number of amides is 1. The third kappa shape index (κ3) is 4.01. The van der Waals surface area contributed by atoms with Crippen LogP contribution in [0.25, 0.3) is 0 Å². The molecule has 1 heterocycles. The fourth-order valence-corrected chi connectivity index (χ4v) is 2.11. The van der Waals surface area contributed by atoms with Crippen LogP contribution in [-0.2, 0) is 6.42 Å². The van der Waals surface area contributed by atoms with E-state index in [0.29, 0.717) is 10.6 Å². The van der Waals surface area contributed by atoms with E-state index < -0.39 is 17.7 Å². The number of carbonyl (C=O) groups is 2. The van der Waals surface area contributed by atoms with Crippen LogP contribution < -0.4 is 10.1 Å². The van der Waals surface area contributed by atoms with Crippen LogP contribution in [0.3, 0.4) is 0 Å². The van der Waals surface area contributed by atoms with Crippen molar-refractivity contribution in [3.05, 3.63) is 52.1 Å². The van der Waals surface area contributed by atoms with Crippen LogP contribution in [0.1, 0.15) is 26.5 Å². The Kier molecular flexibility index (Phi) is 5.23. The summed E-state index contributed by atoms with van der Waals surface area (Å²) in [5.41, 5.74) is 0.239. The van der Waals surface area contributed by atoms with Crippen LogP contribution >= 0.6 is 11.6 Å². The van der Waals surface area contributed by atoms with Crippen LogP contribution in [0, 0.1) is 5.82 Å². The first-order valence-corrected chi connectivity index (χ1v) is 7.05. The molecule has 1 amide bonds. The highest BCUT2D eigenvalue weighted by molar-refractivity contribution is 6.30. The molecule has 0 saturated heterocycles. The summed E-state index contributed by atoms with van der Waals surface area (Å²) in [4.78, 5) is 25.1. The Morgan fingerprint density at radius 3 is 2.74 bits per heavy atom. The van der Waals surface area contributed by atoms with Gasteiger partial charge in [0.15, 0.2) is 5.75 Å². The number of hydrogen-bond acceptors (Lipinski definition) is 3. The van der Waals surface area contributed by atoms with Gasteiger partial charge in [0, 0.05) is 24.6 Å². The van der Waals surface area contributed by atoms with Gasteiger partial charge in [-0.05, 0) is 17.7 Å². The molecule has 23 heavy (non-hydrogen) atoms. The topological polar surface area (TPSA) is 91.4 Å². The van der Waals surface area contributed by atoms with E-state index >= 15 is 0 Å². The van der Waals surface area contributed by atoms with Gasteiger partial charge in [0.2, 0.25) is 0 Å². The Balaban J connectivity index is 2.10. The molecule has 8 heteroatoms. The number of nitrogens with one attached hydrogen (secondary N) is 2. The molecular weight excluding hydrogens is 327 g/mol. The van der Waals surface area contributed by atoms with E-state index in [0.717, 1.165) is 0 Å². The second kappa shape index (κ2) is 7.15. The molecule has 6 nitrogen and oxygen atoms in total. The largest absolute Gasteiger partial charge is 0.491 e. The molecule has 0 aliphatic heterocycles. The average Bonchev–Trinajstić information content (AvgIpc) is 2.93. The lowest BCUT2D eigenvalue weighted by atomic mass is 10.1. The number of benzene rings is 1. The SMILES string of the molecule is CNC(=O)c1[nH]c(C(=O)O)cc1OCCc1ccc(Cl)cc1F. The summed E-state index contributed by atoms with van der Waals surface area (Å²) in [5.74, 6) is -2.08. The van der Waals surface area contributed by atoms with Crippen molar-refractivity contribution in [2.24, 2.45) is 0 Å². The van der Waals surface area contributed by atoms with Gasteiger partial charge in [-0.25, -0.2) is 9.18 Å². The van der Waals surface area contributed by atoms with Gasteiger partial charge in [0.25, 0.3) is 5.91 Å². The summed E-state index contributed by atoms with van der Waals surface area (Å²) >= 11 is 5.68. The van der Waals surface area contributed by atoms with E-state index in [4.69, 9.17) is 21.4 Å². The monoisotopic (exact) mass is 340 g/mol. The van der Waals surface area contributed by atoms with E-state index in [2.05, 4.69) is 10.3 Å². The molecular formula is C15H14ClFN2O4. The predicted octanol–water partition coefficient (Wildman–Crippen LogP) is 2.49. The fourth-order valence-electron chi connectivity index (χ4n) is 1.95. The molecule has 122 valence electrons. The molecule has 0 saturated carbocycles. The minimum atomic E-state index is -1.21. The molecule has 0 radical (unpaired) electrons. The predicted molar refractivity (Wildman–Crippen MR) is 81.8 cm³/mol. The van der Waals surface area contributed by atoms with Crippen molar-refractivity contribution >= 4 is 23.5 Å². The lowest BCUT2D eigenvalue weighted by molar-refractivity contribution is 0.0691. The Morgan fingerprint density at radius 1 is 1.39 bits per heavy atom. The molecule has 2 aromatic rings. The highest BCUT2D eigenvalue weighted by Gasteiger charge is 2.19. The zero-order chi connectivity index (χ0) is 17.0. The Hall–Kier alpha value is -2.54. The number of aromatic amines is 1. The van der Waals surface area contributed by atoms with Gasteiger partial charge in [-0.1, -0.05) is 17.7 Å². The molecule has 2 rings (SSSR count). The summed E-state index contributed by atoms with van der Waals surface area (Å²) in [6, 6.07) is 5.52. The maximum atomic E-state index is 13.7. The van der Waals surface area contributed by atoms with Crippen molar-refractivity contribution in [2.45, 2.75) is 6.42 Å². The minimum absolute atomic E-state index is 0.00137. The molecule has 0 spiro atoms. The lowest BCUT2D eigenvalue weighted by Gasteiger charge is -2.07. The van der Waals surface area contributed by atoms with Crippen LogP contribution in [-0.4, -0.2) is 35.6 Å². The molecule has 0 aliphatic rings. The van der Waals surface area contributed by atoms with Gasteiger partial charge in [-0.3, -0.25) is 4.79 Å². The number of H-pyrrole nitrogens is 1. The van der Waals surface area contributed by atoms with Crippen molar-refractivity contribution < 1.29 is 23.8 Å². The number of aromatic nitrogens is 1. The summed E-state index contributed by atoms with van der Waals surface area (Å²) < 4.78 is 19.1. The first kappa shape index (κ1) is 16.8. The molecule has 0 fully saturated rings. The Labute approximate surface area is 136 Å². The molecule has 0 bridgehead atoms. The van der Waals surface area contributed by atoms with E-state index in [9.17, 15) is 14.0 Å². The van der Waals surface area contributed by atoms with Gasteiger partial charge in [0.05, 0.1) is 6.61 Å². The number of halogens is 2. The number of carbonyl (C=O) groups excluding carboxylic acids is 1. The molecule has 1 aromatic carbocycles. The quantitative estimate of drug-likeness (QED) is 0.753. The van der Waals surface area contributed by atoms with Gasteiger partial charge in [0.1, 0.15) is 17.2 Å². The van der Waals surface area contributed by atoms with Gasteiger partial charge in [-0.2, -0.15) is 0 Å². The number of aromatic carboxylic acids is 1. The van der Waals surface area contributed by atoms with Crippen LogP contribution in [0.2, 0.25) is 5.02 Å². The third-order valence-electron chi connectivity index (χ3n) is 3.11. The van der Waals surface area contributed by atoms with Crippen molar-refractivity contribution in [1.82, 2.24) is 10.3 Å². The van der Waals surface area contributed by atoms with E-state index in [-0.39, 0.29) is 30.2 Å². The third-order valence-corrected chi connectivity index (χ3v) is 3.35. The highest BCUT2D eigenvalue weighted by atomic mass is 35.5. The second-order valence-electron chi connectivity index (χ2n) is 4.64. The van der Waals surface area contributed by atoms with Gasteiger partial charge >= 0.3 is 5.97 Å². The molecule has 0 aliphatic carbocycles. The van der Waals surface area contributed by atoms with Gasteiger partial charge < -0.3 is 20.1 Å². The fraction of sp³-hybridized carbons (Fsp3) is 0.200. The molecule has 0 unspecified atom stereocenters. The Bertz CT molecular complexity index is 745. The highest BCUT2D eigenvalue weighted by Crippen LogP contribution is 2.21. The number of carboxylic acids is 1. The minimum Gasteiger partial charge on any atom is -0.491 e. The van der Waals surface area contributed by atoms with Crippen molar-refractivity contribution in [3.63, 3.8) is 0 Å². The summed E-state index contributed by atoms with van der Waals surface area (Å²) in [5, 5.41) is 11.6. The summed E-state index contributed by atoms with van der Waals surface area (Å²) in [7, 11) is 1.41. The van der Waals surface area contributed by atoms with Crippen LogP contribution in [0.5, 0.6) is 5.75 Å². The molecule has 3 N–H and O–H groups in total. The zero-order valence-corrected chi connectivity index (χ0v) is 12.9. The lowest BCUT2D eigenvalue weighted by Crippen LogP contribution is -2.19. The van der Waals surface area contributed by atoms with E-state index in [1.165, 1.54) is 19.2 Å². The maximum Gasteiger partial charge on any atom is 0.352 e. The number of hydrogen-bond donors (Lipinski definition) is 3. The van der Waals surface area contributed by atoms with Crippen molar-refractivity contribution in [2.75, 3.05) is 13.7 Å². The van der Waals surface area contributed by atoms with Crippen LogP contribution in [0.4, 0.5) is 4.39 Å². The van der Waals surface area contributed by atoms with Crippen LogP contribution in [0.15, 0.2) is 24.3 Å². The zero-order valence-electron chi connectivity index (χ0n) is 12.2. The van der Waals surface area contributed by atoms with E-state index in [1.54, 1.807) is 12.1 Å². The first-order valence-electron chi connectivity index (χ1n) is 6.67. The normalized spacial score (nSPS) is 10.4. The number of carboxylic acid groups (broad SMARTS) is 1. The Morgan fingerprint density at radius 2 is 2.13 bits per heavy atom. The molecule has 1 aromatic heterocycles. The molecule has 0 atom stereocenters. The van der Waals surface area contributed by atoms with Gasteiger partial charge in [-0.15, -0.1) is 0 Å².